The lowest BCUT2D eigenvalue weighted by molar-refractivity contribution is 0.630. The van der Waals surface area contributed by atoms with Crippen molar-refractivity contribution in [1.29, 1.82) is 0 Å². The van der Waals surface area contributed by atoms with Crippen LogP contribution in [-0.2, 0) is 0 Å². The van der Waals surface area contributed by atoms with Crippen LogP contribution in [0.4, 0.5) is 5.82 Å². The van der Waals surface area contributed by atoms with Crippen molar-refractivity contribution in [2.75, 3.05) is 5.32 Å². The first-order valence-electron chi connectivity index (χ1n) is 6.85. The van der Waals surface area contributed by atoms with Crippen molar-refractivity contribution in [3.63, 3.8) is 0 Å². The number of anilines is 1. The molecule has 0 fully saturated rings. The number of halogens is 1. The molecule has 0 spiro atoms. The Morgan fingerprint density at radius 3 is 2.73 bits per heavy atom. The fourth-order valence-corrected chi connectivity index (χ4v) is 3.46. The molecule has 1 N–H and O–H groups in total. The maximum absolute atomic E-state index is 4.65. The summed E-state index contributed by atoms with van der Waals surface area (Å²) in [4.78, 5) is 13.5. The summed E-state index contributed by atoms with van der Waals surface area (Å²) in [7, 11) is 1.58. The Balaban J connectivity index is 2.10. The molecule has 0 bridgehead atoms. The largest absolute Gasteiger partial charge is 0.365 e. The number of aromatic nitrogens is 4. The lowest BCUT2D eigenvalue weighted by atomic mass is 10.1. The highest BCUT2D eigenvalue weighted by Gasteiger charge is 2.15. The third-order valence-corrected chi connectivity index (χ3v) is 4.71. The minimum atomic E-state index is -0.0424. The van der Waals surface area contributed by atoms with E-state index in [4.69, 9.17) is 0 Å². The van der Waals surface area contributed by atoms with E-state index in [1.165, 1.54) is 0 Å². The zero-order valence-electron chi connectivity index (χ0n) is 12.5. The Kier molecular flexibility index (Phi) is 4.26. The quantitative estimate of drug-likeness (QED) is 0.624. The molecule has 0 saturated carbocycles. The molecule has 0 atom stereocenters. The Morgan fingerprint density at radius 2 is 2.00 bits per heavy atom. The van der Waals surface area contributed by atoms with Crippen molar-refractivity contribution in [3.05, 3.63) is 36.8 Å². The van der Waals surface area contributed by atoms with Gasteiger partial charge < -0.3 is 5.32 Å². The molecule has 0 aliphatic rings. The summed E-state index contributed by atoms with van der Waals surface area (Å²) in [6, 6.07) is 5.87. The fraction of sp³-hybridized carbons (Fsp3) is 0.267. The average Bonchev–Trinajstić information content (AvgIpc) is 2.84. The van der Waals surface area contributed by atoms with E-state index in [0.29, 0.717) is 5.82 Å². The van der Waals surface area contributed by atoms with Gasteiger partial charge in [-0.2, -0.15) is 0 Å². The summed E-state index contributed by atoms with van der Waals surface area (Å²) in [5.41, 5.74) is 1.87. The summed E-state index contributed by atoms with van der Waals surface area (Å²) in [5, 5.41) is 4.44. The number of fused-ring (bicyclic) bond motifs is 1. The second-order valence-corrected chi connectivity index (χ2v) is 7.67. The molecular formula is C15H16IN5S. The molecule has 0 radical (unpaired) electrons. The van der Waals surface area contributed by atoms with Crippen molar-refractivity contribution >= 4 is 47.2 Å². The summed E-state index contributed by atoms with van der Waals surface area (Å²) in [6.45, 7) is 6.33. The van der Waals surface area contributed by atoms with Gasteiger partial charge in [0, 0.05) is 65.4 Å². The standard InChI is InChI=1S/C15H16IN5S/c1-15(2,3)20-12-6-8-17-13(19-12)11-9-21(22-16)14-10(11)5-4-7-18-14/h4-9H,1-3H3,(H,17,19,20). The van der Waals surface area contributed by atoms with Crippen LogP contribution in [-0.4, -0.2) is 24.5 Å². The smallest absolute Gasteiger partial charge is 0.163 e. The zero-order chi connectivity index (χ0) is 15.7. The molecule has 0 unspecified atom stereocenters. The van der Waals surface area contributed by atoms with Crippen LogP contribution in [0.25, 0.3) is 22.4 Å². The van der Waals surface area contributed by atoms with Crippen molar-refractivity contribution in [1.82, 2.24) is 18.9 Å². The first-order chi connectivity index (χ1) is 10.5. The predicted octanol–water partition coefficient (Wildman–Crippen LogP) is 4.55. The van der Waals surface area contributed by atoms with Crippen LogP contribution >= 0.6 is 30.3 Å². The summed E-state index contributed by atoms with van der Waals surface area (Å²) >= 11 is 2.25. The van der Waals surface area contributed by atoms with Crippen LogP contribution in [0.1, 0.15) is 20.8 Å². The molecule has 0 aliphatic heterocycles. The van der Waals surface area contributed by atoms with Gasteiger partial charge in [0.05, 0.1) is 0 Å². The molecule has 0 aliphatic carbocycles. The van der Waals surface area contributed by atoms with E-state index in [9.17, 15) is 0 Å². The van der Waals surface area contributed by atoms with E-state index in [1.807, 2.05) is 28.4 Å². The normalized spacial score (nSPS) is 11.8. The highest BCUT2D eigenvalue weighted by atomic mass is 127. The van der Waals surface area contributed by atoms with Gasteiger partial charge in [0.15, 0.2) is 11.5 Å². The van der Waals surface area contributed by atoms with E-state index in [-0.39, 0.29) is 5.54 Å². The molecule has 0 aromatic carbocycles. The minimum absolute atomic E-state index is 0.0424. The Hall–Kier alpha value is -1.35. The maximum Gasteiger partial charge on any atom is 0.163 e. The molecular weight excluding hydrogens is 409 g/mol. The van der Waals surface area contributed by atoms with Gasteiger partial charge in [-0.25, -0.2) is 15.0 Å². The Bertz CT molecular complexity index is 809. The van der Waals surface area contributed by atoms with Crippen LogP contribution in [0.2, 0.25) is 0 Å². The fourth-order valence-electron chi connectivity index (χ4n) is 2.20. The zero-order valence-corrected chi connectivity index (χ0v) is 15.5. The molecule has 0 saturated heterocycles. The SMILES string of the molecule is CC(C)(C)Nc1ccnc(-c2cn(SI)c3ncccc23)n1. The lowest BCUT2D eigenvalue weighted by Gasteiger charge is -2.21. The molecule has 0 amide bonds. The van der Waals surface area contributed by atoms with E-state index < -0.39 is 0 Å². The van der Waals surface area contributed by atoms with Gasteiger partial charge in [0.1, 0.15) is 5.82 Å². The lowest BCUT2D eigenvalue weighted by Crippen LogP contribution is -2.26. The first-order valence-corrected chi connectivity index (χ1v) is 10.2. The molecule has 3 aromatic rings. The van der Waals surface area contributed by atoms with Gasteiger partial charge in [0.25, 0.3) is 0 Å². The van der Waals surface area contributed by atoms with Crippen molar-refractivity contribution in [2.45, 2.75) is 26.3 Å². The summed E-state index contributed by atoms with van der Waals surface area (Å²) in [5.74, 6) is 1.53. The monoisotopic (exact) mass is 425 g/mol. The molecule has 114 valence electrons. The number of pyridine rings is 1. The van der Waals surface area contributed by atoms with E-state index >= 15 is 0 Å². The number of nitrogens with one attached hydrogen (secondary N) is 1. The van der Waals surface area contributed by atoms with Crippen molar-refractivity contribution < 1.29 is 0 Å². The number of hydrogen-bond acceptors (Lipinski definition) is 5. The molecule has 3 aromatic heterocycles. The first kappa shape index (κ1) is 15.5. The van der Waals surface area contributed by atoms with Crippen molar-refractivity contribution in [3.8, 4) is 11.4 Å². The number of rotatable bonds is 3. The topological polar surface area (TPSA) is 55.6 Å². The molecule has 22 heavy (non-hydrogen) atoms. The third kappa shape index (κ3) is 3.19. The average molecular weight is 425 g/mol. The van der Waals surface area contributed by atoms with E-state index in [0.717, 1.165) is 22.4 Å². The van der Waals surface area contributed by atoms with Gasteiger partial charge in [-0.05, 0) is 39.0 Å². The summed E-state index contributed by atoms with van der Waals surface area (Å²) in [6.07, 6.45) is 5.62. The molecule has 7 heteroatoms. The van der Waals surface area contributed by atoms with E-state index in [2.05, 4.69) is 62.2 Å². The maximum atomic E-state index is 4.65. The second-order valence-electron chi connectivity index (χ2n) is 5.95. The Morgan fingerprint density at radius 1 is 1.18 bits per heavy atom. The molecule has 5 nitrogen and oxygen atoms in total. The van der Waals surface area contributed by atoms with Gasteiger partial charge >= 0.3 is 0 Å². The minimum Gasteiger partial charge on any atom is -0.365 e. The van der Waals surface area contributed by atoms with Gasteiger partial charge in [-0.15, -0.1) is 0 Å². The van der Waals surface area contributed by atoms with Crippen LogP contribution in [0.5, 0.6) is 0 Å². The highest BCUT2D eigenvalue weighted by Crippen LogP contribution is 2.32. The van der Waals surface area contributed by atoms with Gasteiger partial charge in [-0.1, -0.05) is 0 Å². The number of hydrogen-bond donors (Lipinski definition) is 1. The second kappa shape index (κ2) is 6.04. The van der Waals surface area contributed by atoms with Gasteiger partial charge in [0.2, 0.25) is 0 Å². The third-order valence-electron chi connectivity index (χ3n) is 3.01. The molecule has 3 heterocycles. The number of nitrogens with zero attached hydrogens (tertiary/aromatic N) is 4. The molecule has 3 rings (SSSR count). The van der Waals surface area contributed by atoms with Gasteiger partial charge in [-0.3, -0.25) is 3.97 Å². The predicted molar refractivity (Wildman–Crippen MR) is 101 cm³/mol. The van der Waals surface area contributed by atoms with Crippen LogP contribution in [0.15, 0.2) is 36.8 Å². The van der Waals surface area contributed by atoms with Crippen LogP contribution in [0, 0.1) is 0 Å². The summed E-state index contributed by atoms with van der Waals surface area (Å²) < 4.78 is 2.03. The van der Waals surface area contributed by atoms with Crippen LogP contribution in [0.3, 0.4) is 0 Å². The van der Waals surface area contributed by atoms with E-state index in [1.54, 1.807) is 21.5 Å². The Labute approximate surface area is 145 Å². The highest BCUT2D eigenvalue weighted by molar-refractivity contribution is 14.2. The van der Waals surface area contributed by atoms with Crippen molar-refractivity contribution in [2.24, 2.45) is 0 Å². The van der Waals surface area contributed by atoms with Crippen LogP contribution < -0.4 is 5.32 Å².